The zero-order chi connectivity index (χ0) is 19.4. The summed E-state index contributed by atoms with van der Waals surface area (Å²) in [5.41, 5.74) is 0.460. The average Bonchev–Trinajstić information content (AvgIpc) is 3.06. The summed E-state index contributed by atoms with van der Waals surface area (Å²) < 4.78 is 27.1. The number of thiophene rings is 1. The molecule has 0 bridgehead atoms. The number of amides is 1. The van der Waals surface area contributed by atoms with Gasteiger partial charge in [-0.05, 0) is 50.4 Å². The largest absolute Gasteiger partial charge is 0.322 e. The first kappa shape index (κ1) is 19.8. The van der Waals surface area contributed by atoms with Gasteiger partial charge in [0, 0.05) is 47.7 Å². The maximum absolute atomic E-state index is 12.8. The van der Waals surface area contributed by atoms with E-state index in [4.69, 9.17) is 0 Å². The number of anilines is 1. The number of carbonyl (C=O) groups excluding carboxylic acids is 1. The van der Waals surface area contributed by atoms with Crippen molar-refractivity contribution in [1.29, 1.82) is 0 Å². The fourth-order valence-corrected chi connectivity index (χ4v) is 5.05. The molecular formula is C19H23N3O3S2. The van der Waals surface area contributed by atoms with Crippen molar-refractivity contribution < 1.29 is 13.2 Å². The number of rotatable bonds is 5. The summed E-state index contributed by atoms with van der Waals surface area (Å²) in [6.45, 7) is 4.37. The van der Waals surface area contributed by atoms with Gasteiger partial charge < -0.3 is 10.2 Å². The van der Waals surface area contributed by atoms with Crippen LogP contribution in [-0.2, 0) is 14.8 Å². The summed E-state index contributed by atoms with van der Waals surface area (Å²) in [4.78, 5) is 16.6. The van der Waals surface area contributed by atoms with Crippen molar-refractivity contribution in [3.63, 3.8) is 0 Å². The highest BCUT2D eigenvalue weighted by molar-refractivity contribution is 7.89. The molecular weight excluding hydrogens is 382 g/mol. The third-order valence-electron chi connectivity index (χ3n) is 4.36. The van der Waals surface area contributed by atoms with Crippen molar-refractivity contribution in [3.05, 3.63) is 52.2 Å². The average molecular weight is 406 g/mol. The molecule has 1 saturated heterocycles. The van der Waals surface area contributed by atoms with Gasteiger partial charge >= 0.3 is 0 Å². The van der Waals surface area contributed by atoms with E-state index in [0.29, 0.717) is 31.9 Å². The van der Waals surface area contributed by atoms with Crippen molar-refractivity contribution in [2.45, 2.75) is 11.8 Å². The highest BCUT2D eigenvalue weighted by atomic mass is 32.2. The summed E-state index contributed by atoms with van der Waals surface area (Å²) in [5, 5.41) is 2.73. The molecule has 0 unspecified atom stereocenters. The molecule has 0 aliphatic carbocycles. The van der Waals surface area contributed by atoms with E-state index in [1.54, 1.807) is 35.6 Å². The minimum atomic E-state index is -3.56. The van der Waals surface area contributed by atoms with E-state index < -0.39 is 10.0 Å². The lowest BCUT2D eigenvalue weighted by atomic mass is 10.3. The summed E-state index contributed by atoms with van der Waals surface area (Å²) in [6.07, 6.45) is 3.20. The normalized spacial score (nSPS) is 16.7. The van der Waals surface area contributed by atoms with Crippen LogP contribution in [0.2, 0.25) is 0 Å². The first-order valence-corrected chi connectivity index (χ1v) is 10.9. The standard InChI is InChI=1S/C19H23N3O3S2/c1-15-6-7-17(26-15)8-9-19(23)20-16-4-3-5-18(14-16)27(24,25)22-12-10-21(2)11-13-22/h3-9,14H,10-13H2,1-2H3,(H,20,23). The Morgan fingerprint density at radius 1 is 1.15 bits per heavy atom. The smallest absolute Gasteiger partial charge is 0.248 e. The molecule has 1 aromatic carbocycles. The lowest BCUT2D eigenvalue weighted by Crippen LogP contribution is -2.47. The van der Waals surface area contributed by atoms with E-state index in [-0.39, 0.29) is 10.8 Å². The molecule has 1 fully saturated rings. The Labute approximate surface area is 164 Å². The van der Waals surface area contributed by atoms with Crippen molar-refractivity contribution in [2.24, 2.45) is 0 Å². The molecule has 0 spiro atoms. The zero-order valence-corrected chi connectivity index (χ0v) is 17.0. The predicted octanol–water partition coefficient (Wildman–Crippen LogP) is 2.64. The summed E-state index contributed by atoms with van der Waals surface area (Å²) >= 11 is 1.60. The molecule has 1 aliphatic rings. The minimum absolute atomic E-state index is 0.197. The SMILES string of the molecule is Cc1ccc(C=CC(=O)Nc2cccc(S(=O)(=O)N3CCN(C)CC3)c2)s1. The summed E-state index contributed by atoms with van der Waals surface area (Å²) in [5.74, 6) is -0.296. The fourth-order valence-electron chi connectivity index (χ4n) is 2.80. The van der Waals surface area contributed by atoms with Crippen molar-refractivity contribution in [2.75, 3.05) is 38.5 Å². The van der Waals surface area contributed by atoms with Gasteiger partial charge in [0.25, 0.3) is 0 Å². The van der Waals surface area contributed by atoms with E-state index in [9.17, 15) is 13.2 Å². The second-order valence-corrected chi connectivity index (χ2v) is 9.76. The second kappa shape index (κ2) is 8.35. The quantitative estimate of drug-likeness (QED) is 0.777. The van der Waals surface area contributed by atoms with Crippen LogP contribution < -0.4 is 5.32 Å². The number of benzene rings is 1. The molecule has 3 rings (SSSR count). The van der Waals surface area contributed by atoms with Gasteiger partial charge in [0.2, 0.25) is 15.9 Å². The van der Waals surface area contributed by atoms with Crippen LogP contribution in [0.3, 0.4) is 0 Å². The predicted molar refractivity (Wildman–Crippen MR) is 109 cm³/mol. The Balaban J connectivity index is 1.69. The number of piperazine rings is 1. The fraction of sp³-hybridized carbons (Fsp3) is 0.316. The Morgan fingerprint density at radius 2 is 1.89 bits per heavy atom. The number of aryl methyl sites for hydroxylation is 1. The van der Waals surface area contributed by atoms with Gasteiger partial charge in [0.15, 0.2) is 0 Å². The number of carbonyl (C=O) groups is 1. The molecule has 2 aromatic rings. The Morgan fingerprint density at radius 3 is 2.56 bits per heavy atom. The van der Waals surface area contributed by atoms with Gasteiger partial charge in [0.1, 0.15) is 0 Å². The molecule has 0 saturated carbocycles. The topological polar surface area (TPSA) is 69.7 Å². The van der Waals surface area contributed by atoms with E-state index in [0.717, 1.165) is 4.88 Å². The molecule has 144 valence electrons. The van der Waals surface area contributed by atoms with Crippen LogP contribution >= 0.6 is 11.3 Å². The lowest BCUT2D eigenvalue weighted by molar-refractivity contribution is -0.111. The first-order chi connectivity index (χ1) is 12.8. The van der Waals surface area contributed by atoms with E-state index in [1.165, 1.54) is 21.3 Å². The van der Waals surface area contributed by atoms with Gasteiger partial charge in [-0.25, -0.2) is 8.42 Å². The molecule has 8 heteroatoms. The van der Waals surface area contributed by atoms with Gasteiger partial charge in [-0.1, -0.05) is 6.07 Å². The summed E-state index contributed by atoms with van der Waals surface area (Å²) in [6, 6.07) is 10.3. The molecule has 1 amide bonds. The van der Waals surface area contributed by atoms with Crippen molar-refractivity contribution in [3.8, 4) is 0 Å². The molecule has 2 heterocycles. The van der Waals surface area contributed by atoms with E-state index in [2.05, 4.69) is 10.2 Å². The highest BCUT2D eigenvalue weighted by Gasteiger charge is 2.27. The molecule has 0 atom stereocenters. The van der Waals surface area contributed by atoms with Crippen LogP contribution in [0.5, 0.6) is 0 Å². The van der Waals surface area contributed by atoms with Gasteiger partial charge in [-0.15, -0.1) is 11.3 Å². The number of hydrogen-bond donors (Lipinski definition) is 1. The van der Waals surface area contributed by atoms with Crippen LogP contribution in [0.1, 0.15) is 9.75 Å². The van der Waals surface area contributed by atoms with E-state index in [1.807, 2.05) is 26.1 Å². The van der Waals surface area contributed by atoms with Gasteiger partial charge in [0.05, 0.1) is 4.90 Å². The van der Waals surface area contributed by atoms with Crippen molar-refractivity contribution >= 4 is 39.0 Å². The minimum Gasteiger partial charge on any atom is -0.322 e. The Kier molecular flexibility index (Phi) is 6.11. The highest BCUT2D eigenvalue weighted by Crippen LogP contribution is 2.21. The maximum Gasteiger partial charge on any atom is 0.248 e. The maximum atomic E-state index is 12.8. The number of hydrogen-bond acceptors (Lipinski definition) is 5. The first-order valence-electron chi connectivity index (χ1n) is 8.69. The molecule has 0 radical (unpaired) electrons. The number of nitrogens with zero attached hydrogens (tertiary/aromatic N) is 2. The molecule has 1 aromatic heterocycles. The molecule has 27 heavy (non-hydrogen) atoms. The lowest BCUT2D eigenvalue weighted by Gasteiger charge is -2.31. The van der Waals surface area contributed by atoms with Crippen LogP contribution in [0, 0.1) is 6.92 Å². The van der Waals surface area contributed by atoms with Gasteiger partial charge in [-0.2, -0.15) is 4.31 Å². The third kappa shape index (κ3) is 5.04. The van der Waals surface area contributed by atoms with Crippen LogP contribution in [0.25, 0.3) is 6.08 Å². The zero-order valence-electron chi connectivity index (χ0n) is 15.4. The molecule has 1 N–H and O–H groups in total. The van der Waals surface area contributed by atoms with Gasteiger partial charge in [-0.3, -0.25) is 4.79 Å². The third-order valence-corrected chi connectivity index (χ3v) is 7.22. The summed E-state index contributed by atoms with van der Waals surface area (Å²) in [7, 11) is -1.58. The number of likely N-dealkylation sites (N-methyl/N-ethyl adjacent to an activating group) is 1. The van der Waals surface area contributed by atoms with Crippen molar-refractivity contribution in [1.82, 2.24) is 9.21 Å². The number of sulfonamides is 1. The Bertz CT molecular complexity index is 943. The van der Waals surface area contributed by atoms with E-state index >= 15 is 0 Å². The molecule has 6 nitrogen and oxygen atoms in total. The number of nitrogens with one attached hydrogen (secondary N) is 1. The second-order valence-electron chi connectivity index (χ2n) is 6.51. The van der Waals surface area contributed by atoms with Crippen LogP contribution in [0.15, 0.2) is 47.4 Å². The monoisotopic (exact) mass is 405 g/mol. The van der Waals surface area contributed by atoms with Crippen LogP contribution in [0.4, 0.5) is 5.69 Å². The van der Waals surface area contributed by atoms with Crippen LogP contribution in [-0.4, -0.2) is 56.8 Å². The Hall–Kier alpha value is -2.00. The molecule has 1 aliphatic heterocycles.